The summed E-state index contributed by atoms with van der Waals surface area (Å²) in [5.74, 6) is -0.210. The second-order valence-electron chi connectivity index (χ2n) is 20.3. The Morgan fingerprint density at radius 1 is 0.535 bits per heavy atom. The first-order chi connectivity index (χ1) is 34.7. The van der Waals surface area contributed by atoms with Crippen molar-refractivity contribution in [1.82, 2.24) is 5.32 Å². The largest absolute Gasteiger partial charge is 0.466 e. The normalized spacial score (nSPS) is 19.5. The third-order valence-electron chi connectivity index (χ3n) is 13.7. The zero-order valence-corrected chi connectivity index (χ0v) is 45.4. The van der Waals surface area contributed by atoms with Gasteiger partial charge >= 0.3 is 5.97 Å². The summed E-state index contributed by atoms with van der Waals surface area (Å²) in [5, 5.41) is 54.1. The van der Waals surface area contributed by atoms with Gasteiger partial charge in [0.25, 0.3) is 0 Å². The van der Waals surface area contributed by atoms with E-state index in [2.05, 4.69) is 42.6 Å². The molecule has 1 aliphatic rings. The number of unbranched alkanes of at least 4 members (excludes halogenated alkanes) is 31. The fraction of sp³-hybridized carbons (Fsp3) is 0.833. The van der Waals surface area contributed by atoms with Crippen molar-refractivity contribution in [3.05, 3.63) is 48.6 Å². The number of aliphatic hydroxyl groups is 5. The van der Waals surface area contributed by atoms with Gasteiger partial charge in [-0.2, -0.15) is 0 Å². The van der Waals surface area contributed by atoms with E-state index >= 15 is 0 Å². The maximum absolute atomic E-state index is 13.0. The number of hydrogen-bond donors (Lipinski definition) is 6. The Kier molecular flexibility index (Phi) is 46.7. The van der Waals surface area contributed by atoms with Gasteiger partial charge in [-0.3, -0.25) is 9.59 Å². The molecule has 0 bridgehead atoms. The molecule has 1 fully saturated rings. The minimum atomic E-state index is -1.58. The van der Waals surface area contributed by atoms with E-state index in [4.69, 9.17) is 14.2 Å². The average Bonchev–Trinajstić information content (AvgIpc) is 3.37. The molecule has 7 unspecified atom stereocenters. The second kappa shape index (κ2) is 49.8. The first kappa shape index (κ1) is 66.6. The highest BCUT2D eigenvalue weighted by Gasteiger charge is 2.44. The summed E-state index contributed by atoms with van der Waals surface area (Å²) in [7, 11) is 0. The van der Waals surface area contributed by atoms with Crippen molar-refractivity contribution in [2.75, 3.05) is 19.8 Å². The zero-order chi connectivity index (χ0) is 51.7. The number of allylic oxidation sites excluding steroid dienone is 7. The summed E-state index contributed by atoms with van der Waals surface area (Å²) in [6, 6.07) is -0.838. The average molecular weight is 1000 g/mol. The fourth-order valence-corrected chi connectivity index (χ4v) is 9.06. The molecule has 0 aliphatic carbocycles. The third kappa shape index (κ3) is 39.7. The van der Waals surface area contributed by atoms with Gasteiger partial charge in [-0.05, 0) is 77.6 Å². The Morgan fingerprint density at radius 3 is 1.48 bits per heavy atom. The number of carbonyl (C=O) groups excluding carboxylic acids is 2. The fourth-order valence-electron chi connectivity index (χ4n) is 9.06. The standard InChI is InChI=1S/C60H109NO10/c1-3-5-7-9-11-13-14-28-32-36-40-44-48-56(65)69-49-45-41-37-33-29-26-24-22-20-18-16-15-17-19-21-23-25-27-31-35-39-43-47-55(64)61-52(53(63)46-42-38-34-30-12-10-8-6-4-2)51-70-60-59(68)58(67)57(66)54(50-62)71-60/h4,6,12,17,19,30,42,46,52-54,57-60,62-63,66-68H,3,5,7-11,13-16,18,20-29,31-41,43-45,47-51H2,1-2H3,(H,61,64)/b6-4+,19-17-,30-12+,46-42+. The van der Waals surface area contributed by atoms with Crippen LogP contribution in [-0.4, -0.2) is 100 Å². The molecule has 1 rings (SSSR count). The summed E-state index contributed by atoms with van der Waals surface area (Å²) in [6.45, 7) is 4.08. The summed E-state index contributed by atoms with van der Waals surface area (Å²) >= 11 is 0. The van der Waals surface area contributed by atoms with Crippen LogP contribution in [0.5, 0.6) is 0 Å². The maximum Gasteiger partial charge on any atom is 0.305 e. The molecule has 0 aromatic rings. The van der Waals surface area contributed by atoms with E-state index in [0.717, 1.165) is 83.5 Å². The highest BCUT2D eigenvalue weighted by molar-refractivity contribution is 5.76. The molecule has 0 spiro atoms. The predicted octanol–water partition coefficient (Wildman–Crippen LogP) is 13.3. The van der Waals surface area contributed by atoms with E-state index in [1.165, 1.54) is 148 Å². The van der Waals surface area contributed by atoms with Crippen LogP contribution in [0, 0.1) is 0 Å². The van der Waals surface area contributed by atoms with Crippen molar-refractivity contribution >= 4 is 11.9 Å². The Hall–Kier alpha value is -2.38. The van der Waals surface area contributed by atoms with Crippen molar-refractivity contribution in [3.8, 4) is 0 Å². The van der Waals surface area contributed by atoms with Gasteiger partial charge in [0.1, 0.15) is 24.4 Å². The molecule has 1 saturated heterocycles. The number of esters is 1. The molecule has 414 valence electrons. The van der Waals surface area contributed by atoms with Crippen LogP contribution >= 0.6 is 0 Å². The van der Waals surface area contributed by atoms with Crippen LogP contribution in [0.1, 0.15) is 258 Å². The highest BCUT2D eigenvalue weighted by atomic mass is 16.7. The zero-order valence-electron chi connectivity index (χ0n) is 45.4. The van der Waals surface area contributed by atoms with Crippen molar-refractivity contribution in [2.45, 2.75) is 301 Å². The Balaban J connectivity index is 2.03. The van der Waals surface area contributed by atoms with Crippen LogP contribution in [0.4, 0.5) is 0 Å². The van der Waals surface area contributed by atoms with E-state index in [1.54, 1.807) is 6.08 Å². The highest BCUT2D eigenvalue weighted by Crippen LogP contribution is 2.23. The molecule has 71 heavy (non-hydrogen) atoms. The minimum Gasteiger partial charge on any atom is -0.466 e. The molecule has 11 heteroatoms. The molecule has 1 aliphatic heterocycles. The summed E-state index contributed by atoms with van der Waals surface area (Å²) < 4.78 is 16.6. The molecule has 11 nitrogen and oxygen atoms in total. The lowest BCUT2D eigenvalue weighted by Crippen LogP contribution is -2.60. The first-order valence-electron chi connectivity index (χ1n) is 29.4. The van der Waals surface area contributed by atoms with Crippen LogP contribution in [0.3, 0.4) is 0 Å². The number of amides is 1. The maximum atomic E-state index is 13.0. The molecule has 1 amide bonds. The molecule has 1 heterocycles. The Bertz CT molecular complexity index is 1320. The van der Waals surface area contributed by atoms with E-state index in [0.29, 0.717) is 19.4 Å². The number of aliphatic hydroxyl groups excluding tert-OH is 5. The van der Waals surface area contributed by atoms with Gasteiger partial charge in [-0.1, -0.05) is 216 Å². The number of ether oxygens (including phenoxy) is 3. The van der Waals surface area contributed by atoms with Crippen molar-refractivity contribution in [2.24, 2.45) is 0 Å². The summed E-state index contributed by atoms with van der Waals surface area (Å²) in [4.78, 5) is 25.0. The molecule has 0 aromatic heterocycles. The SMILES string of the molecule is C/C=C/CC/C=C/CC/C=C/C(O)C(COC1OC(CO)C(O)C(O)C1O)NC(=O)CCCCCCCCC/C=C\CCCCCCCCCCCCCOC(=O)CCCCCCCCCCCCCC. The molecule has 0 saturated carbocycles. The van der Waals surface area contributed by atoms with Crippen molar-refractivity contribution in [3.63, 3.8) is 0 Å². The van der Waals surface area contributed by atoms with Gasteiger partial charge in [0.2, 0.25) is 5.91 Å². The van der Waals surface area contributed by atoms with E-state index in [9.17, 15) is 35.1 Å². The lowest BCUT2D eigenvalue weighted by atomic mass is 9.99. The smallest absolute Gasteiger partial charge is 0.305 e. The summed E-state index contributed by atoms with van der Waals surface area (Å²) in [5.41, 5.74) is 0. The van der Waals surface area contributed by atoms with Crippen LogP contribution in [0.25, 0.3) is 0 Å². The van der Waals surface area contributed by atoms with Crippen LogP contribution in [0.15, 0.2) is 48.6 Å². The van der Waals surface area contributed by atoms with Crippen molar-refractivity contribution < 1.29 is 49.3 Å². The van der Waals surface area contributed by atoms with Gasteiger partial charge in [0, 0.05) is 12.8 Å². The number of rotatable bonds is 50. The van der Waals surface area contributed by atoms with Crippen LogP contribution in [0.2, 0.25) is 0 Å². The lowest BCUT2D eigenvalue weighted by Gasteiger charge is -2.40. The quantitative estimate of drug-likeness (QED) is 0.0195. The first-order valence-corrected chi connectivity index (χ1v) is 29.4. The Morgan fingerprint density at radius 2 is 0.972 bits per heavy atom. The topological polar surface area (TPSA) is 175 Å². The van der Waals surface area contributed by atoms with Crippen LogP contribution in [-0.2, 0) is 23.8 Å². The van der Waals surface area contributed by atoms with Gasteiger partial charge in [0.15, 0.2) is 6.29 Å². The van der Waals surface area contributed by atoms with Crippen LogP contribution < -0.4 is 5.32 Å². The predicted molar refractivity (Wildman–Crippen MR) is 292 cm³/mol. The molecular formula is C60H109NO10. The molecule has 0 aromatic carbocycles. The van der Waals surface area contributed by atoms with E-state index < -0.39 is 49.5 Å². The van der Waals surface area contributed by atoms with Gasteiger partial charge in [-0.25, -0.2) is 0 Å². The van der Waals surface area contributed by atoms with E-state index in [-0.39, 0.29) is 18.5 Å². The van der Waals surface area contributed by atoms with Crippen molar-refractivity contribution in [1.29, 1.82) is 0 Å². The minimum absolute atomic E-state index is 0.00330. The van der Waals surface area contributed by atoms with E-state index in [1.807, 2.05) is 19.1 Å². The Labute approximate surface area is 434 Å². The second-order valence-corrected chi connectivity index (χ2v) is 20.3. The molecule has 7 atom stereocenters. The molecular weight excluding hydrogens is 895 g/mol. The van der Waals surface area contributed by atoms with Gasteiger partial charge in [0.05, 0.1) is 32.0 Å². The third-order valence-corrected chi connectivity index (χ3v) is 13.7. The monoisotopic (exact) mass is 1000 g/mol. The number of hydrogen-bond acceptors (Lipinski definition) is 10. The lowest BCUT2D eigenvalue weighted by molar-refractivity contribution is -0.302. The number of nitrogens with one attached hydrogen (secondary N) is 1. The molecule has 0 radical (unpaired) electrons. The van der Waals surface area contributed by atoms with Gasteiger partial charge in [-0.15, -0.1) is 0 Å². The molecule has 6 N–H and O–H groups in total. The van der Waals surface area contributed by atoms with Gasteiger partial charge < -0.3 is 45.1 Å². The number of carbonyl (C=O) groups is 2. The summed E-state index contributed by atoms with van der Waals surface area (Å²) in [6.07, 6.45) is 52.4.